The van der Waals surface area contributed by atoms with Crippen molar-refractivity contribution in [3.05, 3.63) is 27.7 Å². The molecule has 2 rings (SSSR count). The van der Waals surface area contributed by atoms with Crippen LogP contribution in [0.3, 0.4) is 0 Å². The lowest BCUT2D eigenvalue weighted by Crippen LogP contribution is -2.06. The van der Waals surface area contributed by atoms with Crippen molar-refractivity contribution in [3.8, 4) is 5.75 Å². The Labute approximate surface area is 92.0 Å². The highest BCUT2D eigenvalue weighted by atomic mass is 79.9. The summed E-state index contributed by atoms with van der Waals surface area (Å²) in [6.07, 6.45) is 1.89. The summed E-state index contributed by atoms with van der Waals surface area (Å²) in [6, 6.07) is 4.12. The van der Waals surface area contributed by atoms with E-state index in [2.05, 4.69) is 28.9 Å². The minimum Gasteiger partial charge on any atom is -0.490 e. The highest BCUT2D eigenvalue weighted by molar-refractivity contribution is 9.10. The maximum absolute atomic E-state index is 8.94. The Morgan fingerprint density at radius 1 is 1.57 bits per heavy atom. The van der Waals surface area contributed by atoms with Gasteiger partial charge in [0.15, 0.2) is 0 Å². The standard InChI is InChI=1S/C11H13BrO2/c1-7-4-9-6-10(12)5-8(2-3-13)11(9)14-7/h5-7,13H,2-4H2,1H3. The maximum Gasteiger partial charge on any atom is 0.126 e. The van der Waals surface area contributed by atoms with Crippen molar-refractivity contribution in [2.24, 2.45) is 0 Å². The highest BCUT2D eigenvalue weighted by Crippen LogP contribution is 2.35. The topological polar surface area (TPSA) is 29.5 Å². The molecule has 0 aliphatic carbocycles. The lowest BCUT2D eigenvalue weighted by Gasteiger charge is -2.08. The van der Waals surface area contributed by atoms with Crippen LogP contribution < -0.4 is 4.74 Å². The molecule has 3 heteroatoms. The molecule has 1 N–H and O–H groups in total. The second-order valence-corrected chi connectivity index (χ2v) is 4.58. The summed E-state index contributed by atoms with van der Waals surface area (Å²) in [6.45, 7) is 2.23. The summed E-state index contributed by atoms with van der Waals surface area (Å²) in [5.41, 5.74) is 2.34. The summed E-state index contributed by atoms with van der Waals surface area (Å²) in [5, 5.41) is 8.94. The van der Waals surface area contributed by atoms with Gasteiger partial charge in [-0.05, 0) is 36.6 Å². The molecule has 14 heavy (non-hydrogen) atoms. The number of aliphatic hydroxyl groups excluding tert-OH is 1. The normalized spacial score (nSPS) is 19.2. The van der Waals surface area contributed by atoms with Crippen LogP contribution in [0.4, 0.5) is 0 Å². The highest BCUT2D eigenvalue weighted by Gasteiger charge is 2.22. The Hall–Kier alpha value is -0.540. The molecule has 1 unspecified atom stereocenters. The van der Waals surface area contributed by atoms with E-state index in [4.69, 9.17) is 9.84 Å². The van der Waals surface area contributed by atoms with E-state index in [1.54, 1.807) is 0 Å². The summed E-state index contributed by atoms with van der Waals surface area (Å²) in [5.74, 6) is 0.981. The van der Waals surface area contributed by atoms with E-state index in [1.807, 2.05) is 6.07 Å². The minimum absolute atomic E-state index is 0.167. The Morgan fingerprint density at radius 3 is 3.07 bits per heavy atom. The van der Waals surface area contributed by atoms with Gasteiger partial charge in [-0.25, -0.2) is 0 Å². The van der Waals surface area contributed by atoms with E-state index in [0.717, 1.165) is 22.2 Å². The number of rotatable bonds is 2. The first-order chi connectivity index (χ1) is 6.70. The van der Waals surface area contributed by atoms with Gasteiger partial charge in [-0.15, -0.1) is 0 Å². The Morgan fingerprint density at radius 2 is 2.36 bits per heavy atom. The Bertz CT molecular complexity index is 349. The van der Waals surface area contributed by atoms with Gasteiger partial charge in [0.25, 0.3) is 0 Å². The van der Waals surface area contributed by atoms with E-state index in [1.165, 1.54) is 5.56 Å². The number of benzene rings is 1. The van der Waals surface area contributed by atoms with Crippen molar-refractivity contribution < 1.29 is 9.84 Å². The van der Waals surface area contributed by atoms with Gasteiger partial charge in [-0.3, -0.25) is 0 Å². The van der Waals surface area contributed by atoms with Crippen LogP contribution in [0, 0.1) is 0 Å². The fraction of sp³-hybridized carbons (Fsp3) is 0.455. The molecule has 2 nitrogen and oxygen atoms in total. The maximum atomic E-state index is 8.94. The van der Waals surface area contributed by atoms with Crippen LogP contribution in [0.15, 0.2) is 16.6 Å². The van der Waals surface area contributed by atoms with E-state index in [0.29, 0.717) is 6.42 Å². The Balaban J connectivity index is 2.41. The van der Waals surface area contributed by atoms with Gasteiger partial charge in [0.1, 0.15) is 11.9 Å². The predicted molar refractivity (Wildman–Crippen MR) is 58.7 cm³/mol. The van der Waals surface area contributed by atoms with Gasteiger partial charge in [0.2, 0.25) is 0 Å². The van der Waals surface area contributed by atoms with E-state index >= 15 is 0 Å². The zero-order valence-electron chi connectivity index (χ0n) is 8.09. The molecule has 0 bridgehead atoms. The van der Waals surface area contributed by atoms with E-state index in [-0.39, 0.29) is 12.7 Å². The third kappa shape index (κ3) is 1.79. The molecular formula is C11H13BrO2. The molecular weight excluding hydrogens is 244 g/mol. The molecule has 1 aliphatic heterocycles. The first-order valence-electron chi connectivity index (χ1n) is 4.79. The van der Waals surface area contributed by atoms with Crippen LogP contribution in [-0.4, -0.2) is 17.8 Å². The third-order valence-electron chi connectivity index (χ3n) is 2.42. The lowest BCUT2D eigenvalue weighted by molar-refractivity contribution is 0.249. The largest absolute Gasteiger partial charge is 0.490 e. The quantitative estimate of drug-likeness (QED) is 0.880. The zero-order chi connectivity index (χ0) is 10.1. The molecule has 0 radical (unpaired) electrons. The summed E-state index contributed by atoms with van der Waals surface area (Å²) < 4.78 is 6.78. The number of hydrogen-bond acceptors (Lipinski definition) is 2. The Kier molecular flexibility index (Phi) is 2.79. The van der Waals surface area contributed by atoms with Crippen molar-refractivity contribution in [1.29, 1.82) is 0 Å². The summed E-state index contributed by atoms with van der Waals surface area (Å²) in [7, 11) is 0. The van der Waals surface area contributed by atoms with Crippen molar-refractivity contribution in [2.45, 2.75) is 25.9 Å². The van der Waals surface area contributed by atoms with Crippen LogP contribution in [-0.2, 0) is 12.8 Å². The van der Waals surface area contributed by atoms with Crippen molar-refractivity contribution in [3.63, 3.8) is 0 Å². The first-order valence-corrected chi connectivity index (χ1v) is 5.59. The number of halogens is 1. The molecule has 0 spiro atoms. The third-order valence-corrected chi connectivity index (χ3v) is 2.87. The average molecular weight is 257 g/mol. The van der Waals surface area contributed by atoms with Crippen LogP contribution in [0.2, 0.25) is 0 Å². The molecule has 1 atom stereocenters. The summed E-state index contributed by atoms with van der Waals surface area (Å²) >= 11 is 3.47. The number of ether oxygens (including phenoxy) is 1. The molecule has 76 valence electrons. The molecule has 1 aliphatic rings. The number of aliphatic hydroxyl groups is 1. The van der Waals surface area contributed by atoms with Gasteiger partial charge < -0.3 is 9.84 Å². The van der Waals surface area contributed by atoms with Crippen LogP contribution in [0.25, 0.3) is 0 Å². The molecule has 0 saturated heterocycles. The van der Waals surface area contributed by atoms with Crippen LogP contribution in [0.1, 0.15) is 18.1 Å². The van der Waals surface area contributed by atoms with E-state index in [9.17, 15) is 0 Å². The number of fused-ring (bicyclic) bond motifs is 1. The molecule has 0 saturated carbocycles. The number of hydrogen-bond donors (Lipinski definition) is 1. The van der Waals surface area contributed by atoms with Gasteiger partial charge in [0, 0.05) is 17.5 Å². The average Bonchev–Trinajstić information content (AvgIpc) is 2.45. The lowest BCUT2D eigenvalue weighted by atomic mass is 10.1. The molecule has 0 fully saturated rings. The first kappa shape index (κ1) is 9.99. The van der Waals surface area contributed by atoms with Gasteiger partial charge in [-0.1, -0.05) is 15.9 Å². The van der Waals surface area contributed by atoms with Crippen LogP contribution >= 0.6 is 15.9 Å². The second kappa shape index (κ2) is 3.91. The van der Waals surface area contributed by atoms with Gasteiger partial charge >= 0.3 is 0 Å². The monoisotopic (exact) mass is 256 g/mol. The molecule has 1 heterocycles. The second-order valence-electron chi connectivity index (χ2n) is 3.66. The van der Waals surface area contributed by atoms with Gasteiger partial charge in [0.05, 0.1) is 0 Å². The molecule has 0 aromatic heterocycles. The SMILES string of the molecule is CC1Cc2cc(Br)cc(CCO)c2O1. The molecule has 0 amide bonds. The van der Waals surface area contributed by atoms with E-state index < -0.39 is 0 Å². The molecule has 1 aromatic carbocycles. The van der Waals surface area contributed by atoms with Crippen molar-refractivity contribution >= 4 is 15.9 Å². The molecule has 1 aromatic rings. The zero-order valence-corrected chi connectivity index (χ0v) is 9.67. The fourth-order valence-electron chi connectivity index (χ4n) is 1.87. The fourth-order valence-corrected chi connectivity index (χ4v) is 2.43. The summed E-state index contributed by atoms with van der Waals surface area (Å²) in [4.78, 5) is 0. The van der Waals surface area contributed by atoms with Crippen molar-refractivity contribution in [2.75, 3.05) is 6.61 Å². The van der Waals surface area contributed by atoms with Gasteiger partial charge in [-0.2, -0.15) is 0 Å². The predicted octanol–water partition coefficient (Wildman–Crippen LogP) is 2.31. The minimum atomic E-state index is 0.167. The smallest absolute Gasteiger partial charge is 0.126 e. The van der Waals surface area contributed by atoms with Crippen LogP contribution in [0.5, 0.6) is 5.75 Å². The van der Waals surface area contributed by atoms with Crippen molar-refractivity contribution in [1.82, 2.24) is 0 Å².